The lowest BCUT2D eigenvalue weighted by atomic mass is 9.95. The van der Waals surface area contributed by atoms with Crippen LogP contribution in [0.5, 0.6) is 11.5 Å². The minimum atomic E-state index is -0.529. The second-order valence-electron chi connectivity index (χ2n) is 8.24. The maximum atomic E-state index is 13.6. The highest BCUT2D eigenvalue weighted by Crippen LogP contribution is 2.36. The van der Waals surface area contributed by atoms with E-state index in [1.807, 2.05) is 92.7 Å². The van der Waals surface area contributed by atoms with E-state index in [0.717, 1.165) is 16.9 Å². The standard InChI is InChI=1S/C27H26N6O3/c1-3-35-23-12-8-7-11-22(23)29-26(34)24-18(2)28-27-30-31-32-33(27)25(24)20-13-15-21(16-14-20)36-17-19-9-5-4-6-10-19/h4-16,25H,3,17H2,1-2H3,(H,29,34)(H,28,30,32). The summed E-state index contributed by atoms with van der Waals surface area (Å²) in [7, 11) is 0. The summed E-state index contributed by atoms with van der Waals surface area (Å²) in [6.07, 6.45) is 0. The maximum Gasteiger partial charge on any atom is 0.255 e. The van der Waals surface area contributed by atoms with Crippen molar-refractivity contribution in [2.75, 3.05) is 17.2 Å². The second-order valence-corrected chi connectivity index (χ2v) is 8.24. The highest BCUT2D eigenvalue weighted by molar-refractivity contribution is 6.06. The number of tetrazole rings is 1. The number of benzene rings is 3. The van der Waals surface area contributed by atoms with Crippen LogP contribution in [0.25, 0.3) is 0 Å². The van der Waals surface area contributed by atoms with Crippen LogP contribution < -0.4 is 20.1 Å². The van der Waals surface area contributed by atoms with Gasteiger partial charge in [-0.3, -0.25) is 4.79 Å². The zero-order valence-electron chi connectivity index (χ0n) is 20.0. The topological polar surface area (TPSA) is 103 Å². The van der Waals surface area contributed by atoms with Crippen LogP contribution in [-0.4, -0.2) is 32.7 Å². The molecule has 2 heterocycles. The van der Waals surface area contributed by atoms with Crippen molar-refractivity contribution in [2.24, 2.45) is 0 Å². The summed E-state index contributed by atoms with van der Waals surface area (Å²) < 4.78 is 13.2. The highest BCUT2D eigenvalue weighted by Gasteiger charge is 2.34. The van der Waals surface area contributed by atoms with E-state index in [1.165, 1.54) is 0 Å². The zero-order valence-corrected chi connectivity index (χ0v) is 20.0. The molecule has 1 atom stereocenters. The number of nitrogens with zero attached hydrogens (tertiary/aromatic N) is 4. The minimum absolute atomic E-state index is 0.275. The number of aromatic nitrogens is 4. The van der Waals surface area contributed by atoms with Crippen LogP contribution in [0.2, 0.25) is 0 Å². The van der Waals surface area contributed by atoms with Gasteiger partial charge >= 0.3 is 0 Å². The molecular formula is C27H26N6O3. The van der Waals surface area contributed by atoms with Crippen molar-refractivity contribution in [3.8, 4) is 11.5 Å². The summed E-state index contributed by atoms with van der Waals surface area (Å²) in [6, 6.07) is 24.4. The first kappa shape index (κ1) is 23.1. The predicted octanol–water partition coefficient (Wildman–Crippen LogP) is 4.58. The number of allylic oxidation sites excluding steroid dienone is 1. The molecule has 1 unspecified atom stereocenters. The number of amides is 1. The first-order chi connectivity index (χ1) is 17.6. The number of nitrogens with one attached hydrogen (secondary N) is 2. The molecule has 0 bridgehead atoms. The van der Waals surface area contributed by atoms with Gasteiger partial charge in [-0.05, 0) is 59.7 Å². The van der Waals surface area contributed by atoms with E-state index >= 15 is 0 Å². The molecule has 0 fully saturated rings. The van der Waals surface area contributed by atoms with Crippen LogP contribution in [0.15, 0.2) is 90.1 Å². The van der Waals surface area contributed by atoms with E-state index in [9.17, 15) is 4.79 Å². The summed E-state index contributed by atoms with van der Waals surface area (Å²) in [4.78, 5) is 13.6. The van der Waals surface area contributed by atoms with E-state index in [-0.39, 0.29) is 5.91 Å². The van der Waals surface area contributed by atoms with Gasteiger partial charge in [-0.2, -0.15) is 4.68 Å². The number of carbonyl (C=O) groups is 1. The summed E-state index contributed by atoms with van der Waals surface area (Å²) in [6.45, 7) is 4.70. The Hall–Kier alpha value is -4.66. The molecule has 1 aliphatic rings. The quantitative estimate of drug-likeness (QED) is 0.379. The lowest BCUT2D eigenvalue weighted by Crippen LogP contribution is -2.31. The van der Waals surface area contributed by atoms with Crippen LogP contribution in [0, 0.1) is 0 Å². The number of carbonyl (C=O) groups excluding carboxylic acids is 1. The molecule has 182 valence electrons. The van der Waals surface area contributed by atoms with Gasteiger partial charge in [0.25, 0.3) is 5.91 Å². The van der Waals surface area contributed by atoms with Crippen molar-refractivity contribution < 1.29 is 14.3 Å². The molecule has 0 radical (unpaired) electrons. The third-order valence-corrected chi connectivity index (χ3v) is 5.84. The van der Waals surface area contributed by atoms with E-state index in [2.05, 4.69) is 26.2 Å². The lowest BCUT2D eigenvalue weighted by molar-refractivity contribution is -0.113. The number of hydrogen-bond acceptors (Lipinski definition) is 7. The molecule has 3 aromatic carbocycles. The summed E-state index contributed by atoms with van der Waals surface area (Å²) >= 11 is 0. The molecule has 0 saturated carbocycles. The average Bonchev–Trinajstić information content (AvgIpc) is 3.37. The molecule has 5 rings (SSSR count). The third-order valence-electron chi connectivity index (χ3n) is 5.84. The van der Waals surface area contributed by atoms with Gasteiger partial charge in [0.15, 0.2) is 0 Å². The third kappa shape index (κ3) is 4.76. The van der Waals surface area contributed by atoms with Crippen molar-refractivity contribution in [2.45, 2.75) is 26.5 Å². The number of hydrogen-bond donors (Lipinski definition) is 2. The van der Waals surface area contributed by atoms with Crippen LogP contribution in [0.3, 0.4) is 0 Å². The number of ether oxygens (including phenoxy) is 2. The molecule has 9 heteroatoms. The second kappa shape index (κ2) is 10.3. The number of fused-ring (bicyclic) bond motifs is 1. The number of para-hydroxylation sites is 2. The summed E-state index contributed by atoms with van der Waals surface area (Å²) in [5, 5.41) is 18.2. The number of anilines is 2. The fraction of sp³-hybridized carbons (Fsp3) is 0.185. The van der Waals surface area contributed by atoms with Crippen LogP contribution in [-0.2, 0) is 11.4 Å². The van der Waals surface area contributed by atoms with E-state index in [1.54, 1.807) is 4.68 Å². The Kier molecular flexibility index (Phi) is 6.61. The normalized spacial score (nSPS) is 14.6. The van der Waals surface area contributed by atoms with E-state index < -0.39 is 6.04 Å². The van der Waals surface area contributed by atoms with Gasteiger partial charge in [0, 0.05) is 5.70 Å². The maximum absolute atomic E-state index is 13.6. The molecule has 0 saturated heterocycles. The molecule has 1 aliphatic heterocycles. The van der Waals surface area contributed by atoms with Gasteiger partial charge in [0.1, 0.15) is 24.1 Å². The average molecular weight is 483 g/mol. The first-order valence-electron chi connectivity index (χ1n) is 11.7. The Morgan fingerprint density at radius 1 is 1.00 bits per heavy atom. The molecule has 1 amide bonds. The van der Waals surface area contributed by atoms with Gasteiger partial charge in [-0.15, -0.1) is 0 Å². The van der Waals surface area contributed by atoms with Gasteiger partial charge < -0.3 is 20.1 Å². The zero-order chi connectivity index (χ0) is 24.9. The molecule has 36 heavy (non-hydrogen) atoms. The molecule has 1 aromatic heterocycles. The van der Waals surface area contributed by atoms with Gasteiger partial charge in [-0.25, -0.2) is 0 Å². The van der Waals surface area contributed by atoms with Gasteiger partial charge in [0.2, 0.25) is 5.95 Å². The Balaban J connectivity index is 1.42. The minimum Gasteiger partial charge on any atom is -0.492 e. The first-order valence-corrected chi connectivity index (χ1v) is 11.7. The lowest BCUT2D eigenvalue weighted by Gasteiger charge is -2.28. The Morgan fingerprint density at radius 3 is 2.53 bits per heavy atom. The smallest absolute Gasteiger partial charge is 0.255 e. The Labute approximate surface area is 208 Å². The Morgan fingerprint density at radius 2 is 1.75 bits per heavy atom. The van der Waals surface area contributed by atoms with Crippen molar-refractivity contribution >= 4 is 17.5 Å². The molecule has 2 N–H and O–H groups in total. The largest absolute Gasteiger partial charge is 0.492 e. The molecule has 4 aromatic rings. The molecule has 0 aliphatic carbocycles. The van der Waals surface area contributed by atoms with Crippen molar-refractivity contribution in [3.05, 3.63) is 101 Å². The van der Waals surface area contributed by atoms with Crippen LogP contribution in [0.1, 0.15) is 31.0 Å². The highest BCUT2D eigenvalue weighted by atomic mass is 16.5. The fourth-order valence-electron chi connectivity index (χ4n) is 4.14. The van der Waals surface area contributed by atoms with Crippen molar-refractivity contribution in [1.29, 1.82) is 0 Å². The van der Waals surface area contributed by atoms with Crippen LogP contribution in [0.4, 0.5) is 11.6 Å². The van der Waals surface area contributed by atoms with E-state index in [0.29, 0.717) is 41.9 Å². The fourth-order valence-corrected chi connectivity index (χ4v) is 4.14. The van der Waals surface area contributed by atoms with Crippen molar-refractivity contribution in [3.63, 3.8) is 0 Å². The summed E-state index contributed by atoms with van der Waals surface area (Å²) in [5.74, 6) is 1.52. The molecule has 0 spiro atoms. The monoisotopic (exact) mass is 482 g/mol. The summed E-state index contributed by atoms with van der Waals surface area (Å²) in [5.41, 5.74) is 3.69. The molecular weight excluding hydrogens is 456 g/mol. The SMILES string of the molecule is CCOc1ccccc1NC(=O)C1=C(C)Nc2nnnn2C1c1ccc(OCc2ccccc2)cc1. The Bertz CT molecular complexity index is 1380. The van der Waals surface area contributed by atoms with Crippen LogP contribution >= 0.6 is 0 Å². The van der Waals surface area contributed by atoms with Gasteiger partial charge in [0.05, 0.1) is 17.9 Å². The van der Waals surface area contributed by atoms with Crippen molar-refractivity contribution in [1.82, 2.24) is 20.2 Å². The number of rotatable bonds is 8. The van der Waals surface area contributed by atoms with E-state index in [4.69, 9.17) is 9.47 Å². The molecule has 9 nitrogen and oxygen atoms in total. The van der Waals surface area contributed by atoms with Gasteiger partial charge in [-0.1, -0.05) is 59.7 Å². The predicted molar refractivity (Wildman–Crippen MR) is 136 cm³/mol.